The van der Waals surface area contributed by atoms with Crippen molar-refractivity contribution in [2.45, 2.75) is 334 Å². The number of aliphatic hydroxyl groups excluding tert-OH is 2. The highest BCUT2D eigenvalue weighted by Gasteiger charge is 2.20. The molecule has 0 saturated heterocycles. The first-order valence-corrected chi connectivity index (χ1v) is 28.3. The quantitative estimate of drug-likeness (QED) is 0.0418. The molecule has 6 nitrogen and oxygen atoms in total. The standard InChI is InChI=1S/C56H111NO5/c1-3-5-7-9-11-13-15-17-18-19-20-21-22-23-25-28-32-36-40-44-48-54(59)53(52-58)57-55(60)49-45-41-37-33-29-26-27-31-35-39-43-47-51-62-56(61)50-46-42-38-34-30-24-16-14-12-10-8-6-4-2/h53-54,58-59H,3-52H2,1-2H3,(H,57,60). The lowest BCUT2D eigenvalue weighted by molar-refractivity contribution is -0.143. The number of carbonyl (C=O) groups is 2. The van der Waals surface area contributed by atoms with Crippen molar-refractivity contribution < 1.29 is 24.5 Å². The molecular formula is C56H111NO5. The van der Waals surface area contributed by atoms with Crippen molar-refractivity contribution in [1.29, 1.82) is 0 Å². The van der Waals surface area contributed by atoms with E-state index in [1.807, 2.05) is 0 Å². The van der Waals surface area contributed by atoms with E-state index in [0.717, 1.165) is 57.8 Å². The number of aliphatic hydroxyl groups is 2. The monoisotopic (exact) mass is 878 g/mol. The molecule has 0 bridgehead atoms. The largest absolute Gasteiger partial charge is 0.466 e. The summed E-state index contributed by atoms with van der Waals surface area (Å²) in [5.74, 6) is -0.0529. The van der Waals surface area contributed by atoms with Gasteiger partial charge >= 0.3 is 5.97 Å². The van der Waals surface area contributed by atoms with Gasteiger partial charge in [0.05, 0.1) is 25.4 Å². The van der Waals surface area contributed by atoms with Crippen LogP contribution >= 0.6 is 0 Å². The molecule has 62 heavy (non-hydrogen) atoms. The van der Waals surface area contributed by atoms with Gasteiger partial charge in [0.25, 0.3) is 0 Å². The lowest BCUT2D eigenvalue weighted by Crippen LogP contribution is -2.45. The van der Waals surface area contributed by atoms with Crippen molar-refractivity contribution in [2.75, 3.05) is 13.2 Å². The van der Waals surface area contributed by atoms with Gasteiger partial charge in [-0.05, 0) is 25.7 Å². The van der Waals surface area contributed by atoms with Crippen LogP contribution in [-0.2, 0) is 14.3 Å². The molecule has 2 atom stereocenters. The number of hydrogen-bond acceptors (Lipinski definition) is 5. The van der Waals surface area contributed by atoms with Crippen LogP contribution < -0.4 is 5.32 Å². The summed E-state index contributed by atoms with van der Waals surface area (Å²) in [5, 5.41) is 23.3. The van der Waals surface area contributed by atoms with E-state index in [1.165, 1.54) is 231 Å². The van der Waals surface area contributed by atoms with Gasteiger partial charge in [-0.15, -0.1) is 0 Å². The van der Waals surface area contributed by atoms with E-state index >= 15 is 0 Å². The SMILES string of the molecule is CCCCCCCCCCCCCCCCCCCCCCC(O)C(CO)NC(=O)CCCCCCCCCCCCCCOC(=O)CCCCCCCCCCCCCCC. The van der Waals surface area contributed by atoms with Gasteiger partial charge in [-0.3, -0.25) is 9.59 Å². The minimum atomic E-state index is -0.673. The maximum atomic E-state index is 12.5. The number of esters is 1. The highest BCUT2D eigenvalue weighted by molar-refractivity contribution is 5.76. The third-order valence-electron chi connectivity index (χ3n) is 13.4. The fraction of sp³-hybridized carbons (Fsp3) is 0.964. The topological polar surface area (TPSA) is 95.9 Å². The van der Waals surface area contributed by atoms with Gasteiger partial charge in [0.1, 0.15) is 0 Å². The Kier molecular flexibility index (Phi) is 51.5. The molecule has 0 aromatic carbocycles. The number of ether oxygens (including phenoxy) is 1. The second-order valence-corrected chi connectivity index (χ2v) is 19.6. The summed E-state index contributed by atoms with van der Waals surface area (Å²) in [6.07, 6.45) is 59.4. The van der Waals surface area contributed by atoms with Crippen molar-refractivity contribution in [2.24, 2.45) is 0 Å². The fourth-order valence-electron chi connectivity index (χ4n) is 9.05. The van der Waals surface area contributed by atoms with Gasteiger partial charge in [-0.25, -0.2) is 0 Å². The Morgan fingerprint density at radius 1 is 0.387 bits per heavy atom. The summed E-state index contributed by atoms with van der Waals surface area (Å²) in [6, 6.07) is -0.552. The highest BCUT2D eigenvalue weighted by atomic mass is 16.5. The molecule has 6 heteroatoms. The van der Waals surface area contributed by atoms with Crippen molar-refractivity contribution in [3.05, 3.63) is 0 Å². The van der Waals surface area contributed by atoms with Crippen molar-refractivity contribution in [3.63, 3.8) is 0 Å². The first-order chi connectivity index (χ1) is 30.5. The van der Waals surface area contributed by atoms with Crippen LogP contribution in [0.15, 0.2) is 0 Å². The Hall–Kier alpha value is -1.14. The summed E-state index contributed by atoms with van der Waals surface area (Å²) in [7, 11) is 0. The second-order valence-electron chi connectivity index (χ2n) is 19.6. The first-order valence-electron chi connectivity index (χ1n) is 28.3. The Bertz CT molecular complexity index is 882. The van der Waals surface area contributed by atoms with Gasteiger partial charge in [-0.1, -0.05) is 284 Å². The summed E-state index contributed by atoms with van der Waals surface area (Å²) in [5.41, 5.74) is 0. The van der Waals surface area contributed by atoms with Gasteiger partial charge in [-0.2, -0.15) is 0 Å². The van der Waals surface area contributed by atoms with Crippen LogP contribution in [0.25, 0.3) is 0 Å². The van der Waals surface area contributed by atoms with Gasteiger partial charge < -0.3 is 20.3 Å². The molecule has 0 aliphatic rings. The predicted molar refractivity (Wildman–Crippen MR) is 269 cm³/mol. The molecule has 0 fully saturated rings. The van der Waals surface area contributed by atoms with E-state index in [1.54, 1.807) is 0 Å². The molecule has 0 radical (unpaired) electrons. The van der Waals surface area contributed by atoms with Crippen LogP contribution in [0.1, 0.15) is 322 Å². The number of carbonyl (C=O) groups excluding carboxylic acids is 2. The Morgan fingerprint density at radius 2 is 0.661 bits per heavy atom. The Balaban J connectivity index is 3.44. The third kappa shape index (κ3) is 48.3. The fourth-order valence-corrected chi connectivity index (χ4v) is 9.05. The Labute approximate surface area is 387 Å². The van der Waals surface area contributed by atoms with Gasteiger partial charge in [0.15, 0.2) is 0 Å². The molecule has 0 aliphatic carbocycles. The summed E-state index contributed by atoms with van der Waals surface area (Å²) < 4.78 is 5.46. The average molecular weight is 879 g/mol. The van der Waals surface area contributed by atoms with Crippen LogP contribution in [0.5, 0.6) is 0 Å². The number of hydrogen-bond donors (Lipinski definition) is 3. The smallest absolute Gasteiger partial charge is 0.305 e. The Morgan fingerprint density at radius 3 is 0.984 bits per heavy atom. The zero-order valence-electron chi connectivity index (χ0n) is 42.1. The van der Waals surface area contributed by atoms with E-state index in [-0.39, 0.29) is 18.5 Å². The zero-order chi connectivity index (χ0) is 45.1. The first kappa shape index (κ1) is 60.9. The van der Waals surface area contributed by atoms with Gasteiger partial charge in [0, 0.05) is 12.8 Å². The van der Waals surface area contributed by atoms with Crippen LogP contribution in [0.3, 0.4) is 0 Å². The normalized spacial score (nSPS) is 12.5. The van der Waals surface area contributed by atoms with E-state index in [0.29, 0.717) is 25.9 Å². The molecule has 2 unspecified atom stereocenters. The molecule has 0 rings (SSSR count). The van der Waals surface area contributed by atoms with Crippen LogP contribution in [0.4, 0.5) is 0 Å². The highest BCUT2D eigenvalue weighted by Crippen LogP contribution is 2.18. The number of unbranched alkanes of at least 4 members (excludes halogenated alkanes) is 42. The summed E-state index contributed by atoms with van der Waals surface area (Å²) in [4.78, 5) is 24.5. The third-order valence-corrected chi connectivity index (χ3v) is 13.4. The van der Waals surface area contributed by atoms with E-state index < -0.39 is 12.1 Å². The molecule has 1 amide bonds. The molecule has 0 aromatic rings. The van der Waals surface area contributed by atoms with Crippen LogP contribution in [-0.4, -0.2) is 47.4 Å². The van der Waals surface area contributed by atoms with E-state index in [9.17, 15) is 19.8 Å². The van der Waals surface area contributed by atoms with Crippen molar-refractivity contribution in [1.82, 2.24) is 5.32 Å². The summed E-state index contributed by atoms with van der Waals surface area (Å²) >= 11 is 0. The van der Waals surface area contributed by atoms with Crippen LogP contribution in [0.2, 0.25) is 0 Å². The molecule has 370 valence electrons. The van der Waals surface area contributed by atoms with Crippen LogP contribution in [0, 0.1) is 0 Å². The maximum Gasteiger partial charge on any atom is 0.305 e. The molecule has 3 N–H and O–H groups in total. The molecule has 0 aliphatic heterocycles. The minimum Gasteiger partial charge on any atom is -0.466 e. The summed E-state index contributed by atoms with van der Waals surface area (Å²) in [6.45, 7) is 4.95. The van der Waals surface area contributed by atoms with E-state index in [2.05, 4.69) is 19.2 Å². The molecule has 0 saturated carbocycles. The van der Waals surface area contributed by atoms with Gasteiger partial charge in [0.2, 0.25) is 5.91 Å². The zero-order valence-corrected chi connectivity index (χ0v) is 42.1. The number of nitrogens with one attached hydrogen (secondary N) is 1. The molecule has 0 spiro atoms. The van der Waals surface area contributed by atoms with Crippen molar-refractivity contribution in [3.8, 4) is 0 Å². The lowest BCUT2D eigenvalue weighted by atomic mass is 10.0. The minimum absolute atomic E-state index is 0.00643. The lowest BCUT2D eigenvalue weighted by Gasteiger charge is -2.22. The van der Waals surface area contributed by atoms with E-state index in [4.69, 9.17) is 4.74 Å². The second kappa shape index (κ2) is 52.5. The molecule has 0 aromatic heterocycles. The predicted octanol–water partition coefficient (Wildman–Crippen LogP) is 17.1. The average Bonchev–Trinajstić information content (AvgIpc) is 3.27. The van der Waals surface area contributed by atoms with Crippen molar-refractivity contribution >= 4 is 11.9 Å². The molecule has 0 heterocycles. The maximum absolute atomic E-state index is 12.5. The molecular weight excluding hydrogens is 767 g/mol. The number of amides is 1. The number of rotatable bonds is 53.